The van der Waals surface area contributed by atoms with Gasteiger partial charge in [-0.2, -0.15) is 0 Å². The summed E-state index contributed by atoms with van der Waals surface area (Å²) in [5.41, 5.74) is 2.39. The molecule has 0 bridgehead atoms. The molecule has 0 aromatic heterocycles. The van der Waals surface area contributed by atoms with Gasteiger partial charge in [-0.25, -0.2) is 4.39 Å². The number of ketones is 1. The summed E-state index contributed by atoms with van der Waals surface area (Å²) < 4.78 is 19.2. The molecule has 1 aliphatic heterocycles. The normalized spacial score (nSPS) is 17.4. The van der Waals surface area contributed by atoms with E-state index in [1.807, 2.05) is 19.1 Å². The molecule has 1 unspecified atom stereocenters. The number of nitrogens with zero attached hydrogens (tertiary/aromatic N) is 1. The van der Waals surface area contributed by atoms with Crippen LogP contribution in [0.5, 0.6) is 5.75 Å². The van der Waals surface area contributed by atoms with E-state index in [0.29, 0.717) is 29.5 Å². The van der Waals surface area contributed by atoms with Gasteiger partial charge in [0.2, 0.25) is 0 Å². The zero-order valence-corrected chi connectivity index (χ0v) is 19.3. The Morgan fingerprint density at radius 2 is 1.59 bits per heavy atom. The predicted octanol–water partition coefficient (Wildman–Crippen LogP) is 5.80. The standard InChI is InChI=1S/C28H26FNO4/c1-17(2)16-34-23-14-8-19(9-15-23)25-24(26(31)20-6-10-21(29)11-7-20)27(32)28(33)30(25)22-12-4-18(3)5-13-22/h4-15,17,25,31H,16H2,1-3H3/b26-24+. The monoisotopic (exact) mass is 459 g/mol. The summed E-state index contributed by atoms with van der Waals surface area (Å²) in [6.45, 7) is 6.60. The highest BCUT2D eigenvalue weighted by Gasteiger charge is 2.46. The Labute approximate surface area is 198 Å². The fourth-order valence-electron chi connectivity index (χ4n) is 3.89. The number of halogens is 1. The third kappa shape index (κ3) is 4.57. The Kier molecular flexibility index (Phi) is 6.50. The maximum absolute atomic E-state index is 13.4. The third-order valence-electron chi connectivity index (χ3n) is 5.65. The van der Waals surface area contributed by atoms with Gasteiger partial charge in [0.05, 0.1) is 18.2 Å². The maximum Gasteiger partial charge on any atom is 0.300 e. The second-order valence-electron chi connectivity index (χ2n) is 8.79. The van der Waals surface area contributed by atoms with Crippen molar-refractivity contribution in [2.24, 2.45) is 5.92 Å². The van der Waals surface area contributed by atoms with E-state index in [2.05, 4.69) is 13.8 Å². The number of carbonyl (C=O) groups is 2. The Balaban J connectivity index is 1.83. The second-order valence-corrected chi connectivity index (χ2v) is 8.79. The van der Waals surface area contributed by atoms with Crippen LogP contribution in [0.4, 0.5) is 10.1 Å². The van der Waals surface area contributed by atoms with E-state index in [-0.39, 0.29) is 16.9 Å². The maximum atomic E-state index is 13.4. The molecule has 5 nitrogen and oxygen atoms in total. The SMILES string of the molecule is Cc1ccc(N2C(=O)C(=O)/C(=C(/O)c3ccc(F)cc3)C2c2ccc(OCC(C)C)cc2)cc1. The first-order chi connectivity index (χ1) is 16.3. The third-order valence-corrected chi connectivity index (χ3v) is 5.65. The Morgan fingerprint density at radius 3 is 2.18 bits per heavy atom. The fraction of sp³-hybridized carbons (Fsp3) is 0.214. The molecule has 3 aromatic rings. The van der Waals surface area contributed by atoms with Crippen molar-refractivity contribution < 1.29 is 23.8 Å². The quantitative estimate of drug-likeness (QED) is 0.288. The zero-order chi connectivity index (χ0) is 24.4. The van der Waals surface area contributed by atoms with Crippen LogP contribution in [0.2, 0.25) is 0 Å². The first-order valence-electron chi connectivity index (χ1n) is 11.1. The lowest BCUT2D eigenvalue weighted by molar-refractivity contribution is -0.132. The smallest absolute Gasteiger partial charge is 0.300 e. The van der Waals surface area contributed by atoms with Crippen molar-refractivity contribution in [3.63, 3.8) is 0 Å². The average molecular weight is 460 g/mol. The minimum absolute atomic E-state index is 0.0481. The van der Waals surface area contributed by atoms with E-state index in [9.17, 15) is 19.1 Å². The number of hydrogen-bond donors (Lipinski definition) is 1. The van der Waals surface area contributed by atoms with E-state index < -0.39 is 23.5 Å². The molecule has 1 aliphatic rings. The van der Waals surface area contributed by atoms with E-state index in [1.165, 1.54) is 29.2 Å². The van der Waals surface area contributed by atoms with Crippen LogP contribution >= 0.6 is 0 Å². The number of aliphatic hydroxyl groups is 1. The van der Waals surface area contributed by atoms with E-state index in [4.69, 9.17) is 4.74 Å². The lowest BCUT2D eigenvalue weighted by atomic mass is 9.95. The van der Waals surface area contributed by atoms with Crippen molar-refractivity contribution in [3.05, 3.63) is 101 Å². The highest BCUT2D eigenvalue weighted by molar-refractivity contribution is 6.51. The van der Waals surface area contributed by atoms with Gasteiger partial charge >= 0.3 is 0 Å². The Hall–Kier alpha value is -3.93. The number of amides is 1. The largest absolute Gasteiger partial charge is 0.507 e. The van der Waals surface area contributed by atoms with Crippen molar-refractivity contribution in [1.82, 2.24) is 0 Å². The number of carbonyl (C=O) groups excluding carboxylic acids is 2. The molecule has 1 atom stereocenters. The zero-order valence-electron chi connectivity index (χ0n) is 19.3. The summed E-state index contributed by atoms with van der Waals surface area (Å²) >= 11 is 0. The lowest BCUT2D eigenvalue weighted by Crippen LogP contribution is -2.29. The van der Waals surface area contributed by atoms with E-state index in [0.717, 1.165) is 5.56 Å². The van der Waals surface area contributed by atoms with Gasteiger partial charge in [0.15, 0.2) is 0 Å². The highest BCUT2D eigenvalue weighted by Crippen LogP contribution is 2.42. The van der Waals surface area contributed by atoms with Gasteiger partial charge in [0, 0.05) is 11.3 Å². The fourth-order valence-corrected chi connectivity index (χ4v) is 3.89. The van der Waals surface area contributed by atoms with Crippen molar-refractivity contribution >= 4 is 23.1 Å². The van der Waals surface area contributed by atoms with Gasteiger partial charge in [0.25, 0.3) is 11.7 Å². The number of rotatable bonds is 6. The summed E-state index contributed by atoms with van der Waals surface area (Å²) in [6.07, 6.45) is 0. The Bertz CT molecular complexity index is 1230. The van der Waals surface area contributed by atoms with Crippen molar-refractivity contribution in [3.8, 4) is 5.75 Å². The number of aliphatic hydroxyl groups excluding tert-OH is 1. The van der Waals surface area contributed by atoms with Crippen LogP contribution < -0.4 is 9.64 Å². The van der Waals surface area contributed by atoms with Crippen molar-refractivity contribution in [2.75, 3.05) is 11.5 Å². The number of ether oxygens (including phenoxy) is 1. The molecule has 6 heteroatoms. The molecule has 1 heterocycles. The Morgan fingerprint density at radius 1 is 0.971 bits per heavy atom. The van der Waals surface area contributed by atoms with Crippen molar-refractivity contribution in [2.45, 2.75) is 26.8 Å². The van der Waals surface area contributed by atoms with Gasteiger partial charge in [-0.3, -0.25) is 14.5 Å². The molecular weight excluding hydrogens is 433 g/mol. The molecular formula is C28H26FNO4. The van der Waals surface area contributed by atoms with Gasteiger partial charge in [0.1, 0.15) is 17.3 Å². The van der Waals surface area contributed by atoms with Crippen LogP contribution in [0.25, 0.3) is 5.76 Å². The van der Waals surface area contributed by atoms with Gasteiger partial charge < -0.3 is 9.84 Å². The topological polar surface area (TPSA) is 66.8 Å². The second kappa shape index (κ2) is 9.51. The molecule has 0 aliphatic carbocycles. The number of Topliss-reactive ketones (excluding diaryl/α,β-unsaturated/α-hetero) is 1. The van der Waals surface area contributed by atoms with Crippen LogP contribution in [-0.4, -0.2) is 23.4 Å². The summed E-state index contributed by atoms with van der Waals surface area (Å²) in [7, 11) is 0. The minimum atomic E-state index is -0.855. The molecule has 174 valence electrons. The molecule has 1 fully saturated rings. The van der Waals surface area contributed by atoms with Crippen molar-refractivity contribution in [1.29, 1.82) is 0 Å². The lowest BCUT2D eigenvalue weighted by Gasteiger charge is -2.25. The summed E-state index contributed by atoms with van der Waals surface area (Å²) in [5, 5.41) is 11.1. The minimum Gasteiger partial charge on any atom is -0.507 e. The summed E-state index contributed by atoms with van der Waals surface area (Å²) in [4.78, 5) is 27.7. The highest BCUT2D eigenvalue weighted by atomic mass is 19.1. The van der Waals surface area contributed by atoms with Gasteiger partial charge in [-0.1, -0.05) is 43.7 Å². The molecule has 1 amide bonds. The van der Waals surface area contributed by atoms with Crippen LogP contribution in [0.15, 0.2) is 78.4 Å². The molecule has 34 heavy (non-hydrogen) atoms. The number of hydrogen-bond acceptors (Lipinski definition) is 4. The van der Waals surface area contributed by atoms with Crippen LogP contribution in [-0.2, 0) is 9.59 Å². The summed E-state index contributed by atoms with van der Waals surface area (Å²) in [6, 6.07) is 18.7. The first-order valence-corrected chi connectivity index (χ1v) is 11.1. The number of aryl methyl sites for hydroxylation is 1. The molecule has 0 saturated carbocycles. The number of anilines is 1. The summed E-state index contributed by atoms with van der Waals surface area (Å²) in [5.74, 6) is -1.32. The molecule has 1 N–H and O–H groups in total. The van der Waals surface area contributed by atoms with Crippen LogP contribution in [0.1, 0.15) is 36.6 Å². The van der Waals surface area contributed by atoms with Gasteiger partial charge in [-0.15, -0.1) is 0 Å². The van der Waals surface area contributed by atoms with Crippen LogP contribution in [0.3, 0.4) is 0 Å². The van der Waals surface area contributed by atoms with Crippen LogP contribution in [0, 0.1) is 18.7 Å². The predicted molar refractivity (Wildman–Crippen MR) is 129 cm³/mol. The average Bonchev–Trinajstić information content (AvgIpc) is 3.09. The molecule has 1 saturated heterocycles. The molecule has 0 radical (unpaired) electrons. The molecule has 3 aromatic carbocycles. The van der Waals surface area contributed by atoms with Gasteiger partial charge in [-0.05, 0) is 66.9 Å². The van der Waals surface area contributed by atoms with E-state index >= 15 is 0 Å². The molecule has 0 spiro atoms. The molecule has 4 rings (SSSR count). The number of benzene rings is 3. The first kappa shape index (κ1) is 23.2. The van der Waals surface area contributed by atoms with E-state index in [1.54, 1.807) is 36.4 Å².